The number of nitrogens with one attached hydrogen (secondary N) is 2. The van der Waals surface area contributed by atoms with Gasteiger partial charge in [0, 0.05) is 19.2 Å². The van der Waals surface area contributed by atoms with Gasteiger partial charge in [-0.1, -0.05) is 38.3 Å². The Balaban J connectivity index is 2.35. The number of hydrogen-bond donors (Lipinski definition) is 3. The van der Waals surface area contributed by atoms with E-state index in [9.17, 15) is 4.79 Å². The number of carbonyl (C=O) groups excluding carboxylic acids is 1. The lowest BCUT2D eigenvalue weighted by Crippen LogP contribution is -2.32. The zero-order valence-corrected chi connectivity index (χ0v) is 13.0. The number of nitrogens with zero attached hydrogens (tertiary/aromatic N) is 1. The summed E-state index contributed by atoms with van der Waals surface area (Å²) in [6, 6.07) is 7.36. The number of rotatable bonds is 8. The molecule has 0 saturated heterocycles. The van der Waals surface area contributed by atoms with Gasteiger partial charge in [0.2, 0.25) is 0 Å². The van der Waals surface area contributed by atoms with E-state index in [2.05, 4.69) is 22.5 Å². The summed E-state index contributed by atoms with van der Waals surface area (Å²) in [6.07, 6.45) is 4.83. The Bertz CT molecular complexity index is 454. The van der Waals surface area contributed by atoms with E-state index in [-0.39, 0.29) is 5.91 Å². The average molecular weight is 290 g/mol. The van der Waals surface area contributed by atoms with Crippen LogP contribution in [0.25, 0.3) is 0 Å². The van der Waals surface area contributed by atoms with Gasteiger partial charge in [0.25, 0.3) is 5.91 Å². The molecule has 0 fully saturated rings. The van der Waals surface area contributed by atoms with Crippen LogP contribution < -0.4 is 16.4 Å². The summed E-state index contributed by atoms with van der Waals surface area (Å²) in [5, 5.41) is 5.71. The molecule has 1 amide bonds. The summed E-state index contributed by atoms with van der Waals surface area (Å²) in [4.78, 5) is 15.7. The van der Waals surface area contributed by atoms with Crippen LogP contribution in [0.3, 0.4) is 0 Å². The number of unbranched alkanes of at least 4 members (excludes halogenated alkanes) is 3. The first-order valence-electron chi connectivity index (χ1n) is 7.52. The van der Waals surface area contributed by atoms with Crippen molar-refractivity contribution in [2.24, 2.45) is 10.7 Å². The van der Waals surface area contributed by atoms with E-state index < -0.39 is 0 Å². The van der Waals surface area contributed by atoms with E-state index in [4.69, 9.17) is 5.73 Å². The molecule has 1 aromatic rings. The fraction of sp³-hybridized carbons (Fsp3) is 0.500. The highest BCUT2D eigenvalue weighted by atomic mass is 16.1. The highest BCUT2D eigenvalue weighted by Gasteiger charge is 2.01. The van der Waals surface area contributed by atoms with Gasteiger partial charge in [0.1, 0.15) is 0 Å². The number of amides is 1. The predicted octanol–water partition coefficient (Wildman–Crippen LogP) is 2.03. The monoisotopic (exact) mass is 290 g/mol. The summed E-state index contributed by atoms with van der Waals surface area (Å²) >= 11 is 0. The summed E-state index contributed by atoms with van der Waals surface area (Å²) < 4.78 is 0. The Kier molecular flexibility index (Phi) is 7.94. The van der Waals surface area contributed by atoms with Crippen LogP contribution in [0.4, 0.5) is 0 Å². The zero-order chi connectivity index (χ0) is 15.5. The normalized spacial score (nSPS) is 11.2. The number of guanidine groups is 1. The third-order valence-electron chi connectivity index (χ3n) is 3.21. The number of aliphatic imine (C=N–C) groups is 1. The number of nitrogens with two attached hydrogens (primary N) is 1. The minimum Gasteiger partial charge on any atom is -0.370 e. The first-order valence-corrected chi connectivity index (χ1v) is 7.52. The van der Waals surface area contributed by atoms with E-state index in [1.807, 2.05) is 12.1 Å². The molecule has 1 rings (SSSR count). The molecule has 116 valence electrons. The first-order chi connectivity index (χ1) is 10.2. The topological polar surface area (TPSA) is 79.5 Å². The predicted molar refractivity (Wildman–Crippen MR) is 87.3 cm³/mol. The fourth-order valence-electron chi connectivity index (χ4n) is 1.91. The molecule has 0 atom stereocenters. The fourth-order valence-corrected chi connectivity index (χ4v) is 1.91. The van der Waals surface area contributed by atoms with Gasteiger partial charge in [-0.05, 0) is 24.1 Å². The second-order valence-electron chi connectivity index (χ2n) is 4.96. The summed E-state index contributed by atoms with van der Waals surface area (Å²) in [7, 11) is 1.62. The Morgan fingerprint density at radius 2 is 1.90 bits per heavy atom. The lowest BCUT2D eigenvalue weighted by atomic mass is 10.1. The third-order valence-corrected chi connectivity index (χ3v) is 3.21. The number of hydrogen-bond acceptors (Lipinski definition) is 2. The van der Waals surface area contributed by atoms with Crippen LogP contribution in [-0.2, 0) is 6.54 Å². The number of benzene rings is 1. The van der Waals surface area contributed by atoms with Crippen molar-refractivity contribution >= 4 is 11.9 Å². The van der Waals surface area contributed by atoms with Crippen molar-refractivity contribution in [3.8, 4) is 0 Å². The van der Waals surface area contributed by atoms with Crippen molar-refractivity contribution in [2.75, 3.05) is 13.6 Å². The highest BCUT2D eigenvalue weighted by Crippen LogP contribution is 2.05. The molecule has 0 aromatic heterocycles. The van der Waals surface area contributed by atoms with Crippen LogP contribution >= 0.6 is 0 Å². The molecule has 5 nitrogen and oxygen atoms in total. The molecule has 21 heavy (non-hydrogen) atoms. The molecule has 0 aliphatic carbocycles. The van der Waals surface area contributed by atoms with Crippen molar-refractivity contribution in [1.82, 2.24) is 10.6 Å². The Morgan fingerprint density at radius 3 is 2.52 bits per heavy atom. The maximum Gasteiger partial charge on any atom is 0.251 e. The molecule has 0 aliphatic rings. The van der Waals surface area contributed by atoms with Crippen molar-refractivity contribution < 1.29 is 4.79 Å². The molecule has 0 saturated carbocycles. The van der Waals surface area contributed by atoms with Crippen LogP contribution in [0, 0.1) is 0 Å². The van der Waals surface area contributed by atoms with Crippen LogP contribution in [0.15, 0.2) is 29.3 Å². The van der Waals surface area contributed by atoms with Crippen molar-refractivity contribution in [1.29, 1.82) is 0 Å². The van der Waals surface area contributed by atoms with Crippen LogP contribution in [0.2, 0.25) is 0 Å². The largest absolute Gasteiger partial charge is 0.370 e. The minimum absolute atomic E-state index is 0.0849. The van der Waals surface area contributed by atoms with E-state index >= 15 is 0 Å². The Morgan fingerprint density at radius 1 is 1.19 bits per heavy atom. The lowest BCUT2D eigenvalue weighted by Gasteiger charge is -2.05. The molecule has 0 spiro atoms. The third kappa shape index (κ3) is 6.79. The van der Waals surface area contributed by atoms with Gasteiger partial charge in [-0.25, -0.2) is 4.99 Å². The van der Waals surface area contributed by atoms with Gasteiger partial charge < -0.3 is 16.4 Å². The second-order valence-corrected chi connectivity index (χ2v) is 4.96. The van der Waals surface area contributed by atoms with Crippen LogP contribution in [-0.4, -0.2) is 25.5 Å². The molecule has 4 N–H and O–H groups in total. The second kappa shape index (κ2) is 9.80. The quantitative estimate of drug-likeness (QED) is 0.389. The Labute approximate surface area is 127 Å². The smallest absolute Gasteiger partial charge is 0.251 e. The van der Waals surface area contributed by atoms with Gasteiger partial charge in [-0.15, -0.1) is 0 Å². The highest BCUT2D eigenvalue weighted by molar-refractivity contribution is 5.93. The average Bonchev–Trinajstić information content (AvgIpc) is 2.52. The maximum atomic E-state index is 11.4. The standard InChI is InChI=1S/C16H26N4O/c1-3-4-5-6-11-19-16(17)20-12-13-7-9-14(10-8-13)15(21)18-2/h7-10H,3-6,11-12H2,1-2H3,(H,18,21)(H3,17,19,20). The molecular formula is C16H26N4O. The summed E-state index contributed by atoms with van der Waals surface area (Å²) in [6.45, 7) is 3.57. The maximum absolute atomic E-state index is 11.4. The Hall–Kier alpha value is -2.04. The first kappa shape index (κ1) is 17.0. The van der Waals surface area contributed by atoms with E-state index in [1.54, 1.807) is 19.2 Å². The molecule has 5 heteroatoms. The molecule has 0 aliphatic heterocycles. The van der Waals surface area contributed by atoms with E-state index in [0.717, 1.165) is 18.5 Å². The summed E-state index contributed by atoms with van der Waals surface area (Å²) in [5.41, 5.74) is 7.48. The van der Waals surface area contributed by atoms with E-state index in [1.165, 1.54) is 19.3 Å². The minimum atomic E-state index is -0.0849. The SMILES string of the molecule is CCCCCCNC(N)=NCc1ccc(C(=O)NC)cc1. The lowest BCUT2D eigenvalue weighted by molar-refractivity contribution is 0.0963. The molecule has 0 bridgehead atoms. The molecule has 0 heterocycles. The zero-order valence-electron chi connectivity index (χ0n) is 13.0. The van der Waals surface area contributed by atoms with Crippen molar-refractivity contribution in [2.45, 2.75) is 39.2 Å². The van der Waals surface area contributed by atoms with Crippen LogP contribution in [0.1, 0.15) is 48.5 Å². The molecule has 1 aromatic carbocycles. The molecule has 0 radical (unpaired) electrons. The molecular weight excluding hydrogens is 264 g/mol. The van der Waals surface area contributed by atoms with Crippen molar-refractivity contribution in [3.05, 3.63) is 35.4 Å². The van der Waals surface area contributed by atoms with Crippen molar-refractivity contribution in [3.63, 3.8) is 0 Å². The van der Waals surface area contributed by atoms with E-state index in [0.29, 0.717) is 18.1 Å². The van der Waals surface area contributed by atoms with Gasteiger partial charge in [-0.3, -0.25) is 4.79 Å². The van der Waals surface area contributed by atoms with Crippen LogP contribution in [0.5, 0.6) is 0 Å². The van der Waals surface area contributed by atoms with Gasteiger partial charge in [-0.2, -0.15) is 0 Å². The number of carbonyl (C=O) groups is 1. The van der Waals surface area contributed by atoms with Gasteiger partial charge >= 0.3 is 0 Å². The molecule has 0 unspecified atom stereocenters. The summed E-state index contributed by atoms with van der Waals surface area (Å²) in [5.74, 6) is 0.389. The van der Waals surface area contributed by atoms with Gasteiger partial charge in [0.15, 0.2) is 5.96 Å². The van der Waals surface area contributed by atoms with Gasteiger partial charge in [0.05, 0.1) is 6.54 Å².